The van der Waals surface area contributed by atoms with Gasteiger partial charge in [-0.15, -0.1) is 5.10 Å². The van der Waals surface area contributed by atoms with Gasteiger partial charge in [-0.3, -0.25) is 9.58 Å². The van der Waals surface area contributed by atoms with E-state index in [9.17, 15) is 0 Å². The fraction of sp³-hybridized carbons (Fsp3) is 0.733. The maximum atomic E-state index is 5.94. The molecule has 0 bridgehead atoms. The van der Waals surface area contributed by atoms with Gasteiger partial charge >= 0.3 is 0 Å². The van der Waals surface area contributed by atoms with Crippen molar-refractivity contribution >= 4 is 0 Å². The lowest BCUT2D eigenvalue weighted by atomic mass is 10.2. The van der Waals surface area contributed by atoms with Crippen LogP contribution in [0.3, 0.4) is 0 Å². The van der Waals surface area contributed by atoms with E-state index in [0.717, 1.165) is 37.8 Å². The van der Waals surface area contributed by atoms with Crippen LogP contribution in [0.1, 0.15) is 43.3 Å². The van der Waals surface area contributed by atoms with E-state index in [0.29, 0.717) is 11.7 Å². The lowest BCUT2D eigenvalue weighted by molar-refractivity contribution is -0.0933. The summed E-state index contributed by atoms with van der Waals surface area (Å²) in [6.45, 7) is 7.22. The number of hydrogen-bond donors (Lipinski definition) is 0. The van der Waals surface area contributed by atoms with Crippen molar-refractivity contribution in [3.8, 4) is 0 Å². The Balaban J connectivity index is 1.40. The van der Waals surface area contributed by atoms with Crippen molar-refractivity contribution in [3.63, 3.8) is 0 Å². The highest BCUT2D eigenvalue weighted by Gasteiger charge is 2.30. The van der Waals surface area contributed by atoms with Crippen molar-refractivity contribution in [1.82, 2.24) is 30.0 Å². The summed E-state index contributed by atoms with van der Waals surface area (Å²) in [5, 5.41) is 12.4. The molecule has 1 aliphatic carbocycles. The molecule has 8 heteroatoms. The van der Waals surface area contributed by atoms with Crippen LogP contribution in [0.2, 0.25) is 0 Å². The van der Waals surface area contributed by atoms with Crippen LogP contribution in [-0.2, 0) is 17.8 Å². The zero-order valence-electron chi connectivity index (χ0n) is 13.6. The lowest BCUT2D eigenvalue weighted by Crippen LogP contribution is -2.42. The quantitative estimate of drug-likeness (QED) is 0.822. The molecular formula is C15H22N6O2. The summed E-state index contributed by atoms with van der Waals surface area (Å²) < 4.78 is 13.2. The summed E-state index contributed by atoms with van der Waals surface area (Å²) >= 11 is 0. The summed E-state index contributed by atoms with van der Waals surface area (Å²) in [6, 6.07) is 0. The average Bonchev–Trinajstić information content (AvgIpc) is 3.03. The molecule has 0 amide bonds. The van der Waals surface area contributed by atoms with Crippen LogP contribution >= 0.6 is 0 Å². The number of aryl methyl sites for hydroxylation is 1. The summed E-state index contributed by atoms with van der Waals surface area (Å²) in [5.41, 5.74) is 1.00. The molecule has 1 saturated heterocycles. The van der Waals surface area contributed by atoms with Crippen LogP contribution < -0.4 is 0 Å². The highest BCUT2D eigenvalue weighted by Crippen LogP contribution is 2.30. The number of rotatable bonds is 5. The van der Waals surface area contributed by atoms with Gasteiger partial charge in [0.15, 0.2) is 5.82 Å². The van der Waals surface area contributed by atoms with Crippen LogP contribution in [0.5, 0.6) is 0 Å². The Morgan fingerprint density at radius 2 is 2.17 bits per heavy atom. The molecule has 1 aliphatic heterocycles. The summed E-state index contributed by atoms with van der Waals surface area (Å²) in [5.74, 6) is 1.99. The number of hydrogen-bond acceptors (Lipinski definition) is 7. The summed E-state index contributed by atoms with van der Waals surface area (Å²) in [4.78, 5) is 6.60. The number of morpholine rings is 1. The average molecular weight is 318 g/mol. The van der Waals surface area contributed by atoms with Gasteiger partial charge in [-0.2, -0.15) is 4.98 Å². The molecule has 0 aromatic carbocycles. The van der Waals surface area contributed by atoms with Gasteiger partial charge in [0.05, 0.1) is 11.8 Å². The molecule has 0 spiro atoms. The van der Waals surface area contributed by atoms with E-state index in [1.54, 1.807) is 0 Å². The molecule has 2 aromatic rings. The second-order valence-corrected chi connectivity index (χ2v) is 6.68. The van der Waals surface area contributed by atoms with Gasteiger partial charge in [0.2, 0.25) is 0 Å². The Morgan fingerprint density at radius 1 is 1.30 bits per heavy atom. The van der Waals surface area contributed by atoms with E-state index < -0.39 is 0 Å². The first kappa shape index (κ1) is 14.8. The standard InChI is InChI=1S/C15H22N6O2/c1-10-5-20(9-14(22-10)15-16-11(2)18-23-15)7-13-8-21(19-17-13)6-12-3-4-12/h8,10,12,14H,3-7,9H2,1-2H3/t10-,14-/m1/s1. The van der Waals surface area contributed by atoms with E-state index in [4.69, 9.17) is 9.26 Å². The lowest BCUT2D eigenvalue weighted by Gasteiger charge is -2.34. The molecule has 124 valence electrons. The molecule has 0 radical (unpaired) electrons. The Bertz CT molecular complexity index is 664. The SMILES string of the molecule is Cc1noc([C@H]2CN(Cc3cn(CC4CC4)nn3)C[C@@H](C)O2)n1. The van der Waals surface area contributed by atoms with Gasteiger partial charge in [0.25, 0.3) is 5.89 Å². The number of nitrogens with zero attached hydrogens (tertiary/aromatic N) is 6. The van der Waals surface area contributed by atoms with E-state index in [2.05, 4.69) is 38.5 Å². The zero-order valence-corrected chi connectivity index (χ0v) is 13.6. The fourth-order valence-electron chi connectivity index (χ4n) is 3.04. The monoisotopic (exact) mass is 318 g/mol. The first-order valence-electron chi connectivity index (χ1n) is 8.23. The van der Waals surface area contributed by atoms with Crippen molar-refractivity contribution in [3.05, 3.63) is 23.6 Å². The minimum atomic E-state index is -0.179. The summed E-state index contributed by atoms with van der Waals surface area (Å²) in [6.07, 6.45) is 4.64. The first-order chi connectivity index (χ1) is 11.2. The van der Waals surface area contributed by atoms with E-state index in [1.165, 1.54) is 12.8 Å². The molecule has 2 fully saturated rings. The van der Waals surface area contributed by atoms with Gasteiger partial charge in [-0.1, -0.05) is 10.4 Å². The molecule has 3 heterocycles. The third-order valence-corrected chi connectivity index (χ3v) is 4.27. The Kier molecular flexibility index (Phi) is 3.86. The van der Waals surface area contributed by atoms with Crippen LogP contribution in [0.25, 0.3) is 0 Å². The zero-order chi connectivity index (χ0) is 15.8. The predicted octanol–water partition coefficient (Wildman–Crippen LogP) is 1.34. The Morgan fingerprint density at radius 3 is 2.91 bits per heavy atom. The molecule has 23 heavy (non-hydrogen) atoms. The Labute approximate surface area is 134 Å². The number of ether oxygens (including phenoxy) is 1. The van der Waals surface area contributed by atoms with Gasteiger partial charge in [0.1, 0.15) is 6.10 Å². The molecule has 1 saturated carbocycles. The topological polar surface area (TPSA) is 82.1 Å². The fourth-order valence-corrected chi connectivity index (χ4v) is 3.04. The minimum absolute atomic E-state index is 0.113. The molecule has 4 rings (SSSR count). The van der Waals surface area contributed by atoms with Crippen LogP contribution in [0.15, 0.2) is 10.7 Å². The molecule has 2 atom stereocenters. The van der Waals surface area contributed by atoms with E-state index >= 15 is 0 Å². The highest BCUT2D eigenvalue weighted by atomic mass is 16.5. The third kappa shape index (κ3) is 3.59. The molecule has 0 N–H and O–H groups in total. The van der Waals surface area contributed by atoms with Crippen molar-refractivity contribution in [2.45, 2.75) is 52.0 Å². The minimum Gasteiger partial charge on any atom is -0.363 e. The van der Waals surface area contributed by atoms with Crippen molar-refractivity contribution < 1.29 is 9.26 Å². The summed E-state index contributed by atoms with van der Waals surface area (Å²) in [7, 11) is 0. The molecular weight excluding hydrogens is 296 g/mol. The third-order valence-electron chi connectivity index (χ3n) is 4.27. The molecule has 8 nitrogen and oxygen atoms in total. The van der Waals surface area contributed by atoms with Gasteiger partial charge in [0, 0.05) is 32.4 Å². The van der Waals surface area contributed by atoms with Gasteiger partial charge in [-0.25, -0.2) is 0 Å². The van der Waals surface area contributed by atoms with Crippen molar-refractivity contribution in [1.29, 1.82) is 0 Å². The second-order valence-electron chi connectivity index (χ2n) is 6.68. The maximum Gasteiger partial charge on any atom is 0.257 e. The van der Waals surface area contributed by atoms with E-state index in [-0.39, 0.29) is 12.2 Å². The van der Waals surface area contributed by atoms with Crippen LogP contribution in [0.4, 0.5) is 0 Å². The van der Waals surface area contributed by atoms with Crippen molar-refractivity contribution in [2.24, 2.45) is 5.92 Å². The Hall–Kier alpha value is -1.80. The highest BCUT2D eigenvalue weighted by molar-refractivity contribution is 4.97. The molecule has 2 aliphatic rings. The first-order valence-corrected chi connectivity index (χ1v) is 8.23. The van der Waals surface area contributed by atoms with Crippen LogP contribution in [0, 0.1) is 12.8 Å². The van der Waals surface area contributed by atoms with Crippen molar-refractivity contribution in [2.75, 3.05) is 13.1 Å². The molecule has 2 aromatic heterocycles. The van der Waals surface area contributed by atoms with Gasteiger partial charge < -0.3 is 9.26 Å². The largest absolute Gasteiger partial charge is 0.363 e. The van der Waals surface area contributed by atoms with Gasteiger partial charge in [-0.05, 0) is 32.6 Å². The smallest absolute Gasteiger partial charge is 0.257 e. The predicted molar refractivity (Wildman–Crippen MR) is 80.3 cm³/mol. The van der Waals surface area contributed by atoms with Crippen LogP contribution in [-0.4, -0.2) is 49.2 Å². The maximum absolute atomic E-state index is 5.94. The normalized spacial score (nSPS) is 25.8. The molecule has 0 unspecified atom stereocenters. The second kappa shape index (κ2) is 6.01. The van der Waals surface area contributed by atoms with E-state index in [1.807, 2.05) is 11.6 Å². The number of aromatic nitrogens is 5.